The second-order valence-electron chi connectivity index (χ2n) is 2.66. The molecule has 1 rings (SSSR count). The van der Waals surface area contributed by atoms with Crippen LogP contribution in [0.1, 0.15) is 12.1 Å². The van der Waals surface area contributed by atoms with E-state index in [1.807, 2.05) is 13.1 Å². The van der Waals surface area contributed by atoms with Gasteiger partial charge in [0.25, 0.3) is 0 Å². The molecule has 70 valence electrons. The first kappa shape index (κ1) is 9.67. The van der Waals surface area contributed by atoms with E-state index in [1.54, 1.807) is 12.4 Å². The van der Waals surface area contributed by atoms with Gasteiger partial charge in [0.05, 0.1) is 18.1 Å². The zero-order valence-electron chi connectivity index (χ0n) is 7.70. The van der Waals surface area contributed by atoms with Gasteiger partial charge in [-0.05, 0) is 26.1 Å². The van der Waals surface area contributed by atoms with E-state index in [-0.39, 0.29) is 0 Å². The van der Waals surface area contributed by atoms with E-state index in [0.29, 0.717) is 5.82 Å². The standard InChI is InChI=1S/C9H14N4/c1-11-5-3-2-4-8-6-13-9(10)7-12-8/h2,4,6-7,11H,3,5H2,1H3,(H2,10,13). The van der Waals surface area contributed by atoms with Crippen molar-refractivity contribution in [3.8, 4) is 0 Å². The largest absolute Gasteiger partial charge is 0.382 e. The first-order valence-electron chi connectivity index (χ1n) is 4.21. The van der Waals surface area contributed by atoms with Crippen LogP contribution < -0.4 is 11.1 Å². The zero-order chi connectivity index (χ0) is 9.52. The van der Waals surface area contributed by atoms with Crippen molar-refractivity contribution in [3.05, 3.63) is 24.2 Å². The highest BCUT2D eigenvalue weighted by molar-refractivity contribution is 5.44. The molecule has 0 aliphatic heterocycles. The molecule has 13 heavy (non-hydrogen) atoms. The third-order valence-corrected chi connectivity index (χ3v) is 1.54. The molecule has 4 nitrogen and oxygen atoms in total. The van der Waals surface area contributed by atoms with E-state index in [1.165, 1.54) is 0 Å². The Balaban J connectivity index is 2.44. The van der Waals surface area contributed by atoms with Crippen molar-refractivity contribution in [2.45, 2.75) is 6.42 Å². The summed E-state index contributed by atoms with van der Waals surface area (Å²) in [5.74, 6) is 0.451. The Kier molecular flexibility index (Phi) is 3.92. The van der Waals surface area contributed by atoms with Gasteiger partial charge in [-0.25, -0.2) is 4.98 Å². The molecule has 0 atom stereocenters. The van der Waals surface area contributed by atoms with Gasteiger partial charge in [-0.2, -0.15) is 0 Å². The van der Waals surface area contributed by atoms with E-state index in [9.17, 15) is 0 Å². The Morgan fingerprint density at radius 3 is 2.92 bits per heavy atom. The number of aromatic nitrogens is 2. The predicted molar refractivity (Wildman–Crippen MR) is 54.0 cm³/mol. The van der Waals surface area contributed by atoms with E-state index in [4.69, 9.17) is 5.73 Å². The quantitative estimate of drug-likeness (QED) is 0.665. The maximum atomic E-state index is 5.40. The molecule has 0 saturated carbocycles. The molecule has 0 fully saturated rings. The molecule has 0 radical (unpaired) electrons. The number of nitrogens with zero attached hydrogens (tertiary/aromatic N) is 2. The topological polar surface area (TPSA) is 63.8 Å². The third-order valence-electron chi connectivity index (χ3n) is 1.54. The highest BCUT2D eigenvalue weighted by Gasteiger charge is 1.88. The Hall–Kier alpha value is -1.42. The maximum absolute atomic E-state index is 5.40. The van der Waals surface area contributed by atoms with Gasteiger partial charge in [-0.15, -0.1) is 0 Å². The lowest BCUT2D eigenvalue weighted by molar-refractivity contribution is 0.809. The van der Waals surface area contributed by atoms with Gasteiger partial charge in [0.15, 0.2) is 0 Å². The van der Waals surface area contributed by atoms with Crippen molar-refractivity contribution >= 4 is 11.9 Å². The van der Waals surface area contributed by atoms with Crippen LogP contribution in [0.15, 0.2) is 18.5 Å². The fraction of sp³-hybridized carbons (Fsp3) is 0.333. The molecule has 4 heteroatoms. The number of nitrogens with one attached hydrogen (secondary N) is 1. The fourth-order valence-electron chi connectivity index (χ4n) is 0.866. The number of hydrogen-bond donors (Lipinski definition) is 2. The SMILES string of the molecule is CNCCC=Cc1cnc(N)cn1. The summed E-state index contributed by atoms with van der Waals surface area (Å²) in [4.78, 5) is 8.01. The fourth-order valence-corrected chi connectivity index (χ4v) is 0.866. The monoisotopic (exact) mass is 178 g/mol. The lowest BCUT2D eigenvalue weighted by atomic mass is 10.3. The summed E-state index contributed by atoms with van der Waals surface area (Å²) in [5, 5.41) is 3.06. The van der Waals surface area contributed by atoms with E-state index in [0.717, 1.165) is 18.7 Å². The molecule has 1 aromatic rings. The average molecular weight is 178 g/mol. The van der Waals surface area contributed by atoms with Gasteiger partial charge in [-0.3, -0.25) is 4.98 Å². The summed E-state index contributed by atoms with van der Waals surface area (Å²) < 4.78 is 0. The van der Waals surface area contributed by atoms with Crippen LogP contribution in [0.25, 0.3) is 6.08 Å². The van der Waals surface area contributed by atoms with Crippen LogP contribution in [-0.2, 0) is 0 Å². The lowest BCUT2D eigenvalue weighted by Crippen LogP contribution is -2.05. The Morgan fingerprint density at radius 1 is 1.46 bits per heavy atom. The summed E-state index contributed by atoms with van der Waals surface area (Å²) in [5.41, 5.74) is 6.23. The van der Waals surface area contributed by atoms with Crippen molar-refractivity contribution in [2.75, 3.05) is 19.3 Å². The van der Waals surface area contributed by atoms with Crippen molar-refractivity contribution in [1.29, 1.82) is 0 Å². The molecular weight excluding hydrogens is 164 g/mol. The van der Waals surface area contributed by atoms with Gasteiger partial charge in [0.2, 0.25) is 0 Å². The van der Waals surface area contributed by atoms with Crippen molar-refractivity contribution in [2.24, 2.45) is 0 Å². The molecule has 0 saturated heterocycles. The minimum atomic E-state index is 0.451. The number of anilines is 1. The normalized spacial score (nSPS) is 10.8. The second-order valence-corrected chi connectivity index (χ2v) is 2.66. The molecule has 3 N–H and O–H groups in total. The van der Waals surface area contributed by atoms with Crippen molar-refractivity contribution in [1.82, 2.24) is 15.3 Å². The van der Waals surface area contributed by atoms with Crippen LogP contribution in [0.3, 0.4) is 0 Å². The predicted octanol–water partition coefficient (Wildman–Crippen LogP) is 0.682. The summed E-state index contributed by atoms with van der Waals surface area (Å²) >= 11 is 0. The average Bonchev–Trinajstić information content (AvgIpc) is 2.15. The molecule has 1 aromatic heterocycles. The molecule has 0 aliphatic carbocycles. The van der Waals surface area contributed by atoms with Crippen LogP contribution in [0.2, 0.25) is 0 Å². The van der Waals surface area contributed by atoms with Gasteiger partial charge in [0, 0.05) is 0 Å². The van der Waals surface area contributed by atoms with Crippen LogP contribution in [0.4, 0.5) is 5.82 Å². The molecule has 1 heterocycles. The molecule has 0 bridgehead atoms. The molecular formula is C9H14N4. The number of hydrogen-bond acceptors (Lipinski definition) is 4. The van der Waals surface area contributed by atoms with Crippen LogP contribution in [-0.4, -0.2) is 23.6 Å². The summed E-state index contributed by atoms with van der Waals surface area (Å²) in [6.45, 7) is 0.971. The van der Waals surface area contributed by atoms with Crippen molar-refractivity contribution in [3.63, 3.8) is 0 Å². The Labute approximate surface area is 77.9 Å². The third kappa shape index (κ3) is 3.66. The molecule has 0 amide bonds. The van der Waals surface area contributed by atoms with Gasteiger partial charge in [0.1, 0.15) is 5.82 Å². The minimum Gasteiger partial charge on any atom is -0.382 e. The van der Waals surface area contributed by atoms with E-state index >= 15 is 0 Å². The first-order chi connectivity index (χ1) is 6.33. The van der Waals surface area contributed by atoms with E-state index in [2.05, 4.69) is 21.4 Å². The van der Waals surface area contributed by atoms with Crippen LogP contribution >= 0.6 is 0 Å². The molecule has 0 aromatic carbocycles. The molecule has 0 aliphatic rings. The van der Waals surface area contributed by atoms with Gasteiger partial charge in [-0.1, -0.05) is 6.08 Å². The summed E-state index contributed by atoms with van der Waals surface area (Å²) in [6.07, 6.45) is 8.19. The summed E-state index contributed by atoms with van der Waals surface area (Å²) in [7, 11) is 1.93. The van der Waals surface area contributed by atoms with E-state index < -0.39 is 0 Å². The van der Waals surface area contributed by atoms with Gasteiger partial charge < -0.3 is 11.1 Å². The number of nitrogen functional groups attached to an aromatic ring is 1. The Bertz CT molecular complexity index is 265. The lowest BCUT2D eigenvalue weighted by Gasteiger charge is -1.93. The number of rotatable bonds is 4. The second kappa shape index (κ2) is 5.27. The summed E-state index contributed by atoms with van der Waals surface area (Å²) in [6, 6.07) is 0. The molecule has 0 spiro atoms. The highest BCUT2D eigenvalue weighted by Crippen LogP contribution is 1.98. The first-order valence-corrected chi connectivity index (χ1v) is 4.21. The van der Waals surface area contributed by atoms with Crippen molar-refractivity contribution < 1.29 is 0 Å². The van der Waals surface area contributed by atoms with Crippen LogP contribution in [0.5, 0.6) is 0 Å². The maximum Gasteiger partial charge on any atom is 0.141 e. The minimum absolute atomic E-state index is 0.451. The van der Waals surface area contributed by atoms with Crippen LogP contribution in [0, 0.1) is 0 Å². The van der Waals surface area contributed by atoms with Gasteiger partial charge >= 0.3 is 0 Å². The Morgan fingerprint density at radius 2 is 2.31 bits per heavy atom. The molecule has 0 unspecified atom stereocenters. The smallest absolute Gasteiger partial charge is 0.141 e. The highest BCUT2D eigenvalue weighted by atomic mass is 14.9. The number of nitrogens with two attached hydrogens (primary N) is 1. The zero-order valence-corrected chi connectivity index (χ0v) is 7.70.